The molecule has 3 aromatic rings. The fraction of sp³-hybridized carbons (Fsp3) is 0.360. The summed E-state index contributed by atoms with van der Waals surface area (Å²) in [6, 6.07) is 16.9. The number of amides is 1. The van der Waals surface area contributed by atoms with E-state index in [9.17, 15) is 4.79 Å². The maximum absolute atomic E-state index is 12.8. The fourth-order valence-electron chi connectivity index (χ4n) is 4.17. The van der Waals surface area contributed by atoms with E-state index < -0.39 is 0 Å². The molecule has 31 heavy (non-hydrogen) atoms. The average Bonchev–Trinajstić information content (AvgIpc) is 3.17. The van der Waals surface area contributed by atoms with Gasteiger partial charge in [0.1, 0.15) is 5.82 Å². The normalized spacial score (nSPS) is 16.9. The number of piperidine rings is 1. The summed E-state index contributed by atoms with van der Waals surface area (Å²) in [4.78, 5) is 19.4. The van der Waals surface area contributed by atoms with Crippen LogP contribution in [0.4, 0.5) is 0 Å². The van der Waals surface area contributed by atoms with Crippen molar-refractivity contribution in [1.29, 1.82) is 0 Å². The van der Waals surface area contributed by atoms with E-state index in [1.54, 1.807) is 0 Å². The standard InChI is InChI=1S/C25H29BrN4O/c1-19-27-11-13-30(19)17-21-9-7-20(8-10-21)15-28-25(31)23-5-3-12-29(18-23)16-22-4-2-6-24(26)14-22/h2,4,6-11,13-14,23H,3,5,12,15-18H2,1H3,(H,28,31). The van der Waals surface area contributed by atoms with Crippen LogP contribution in [0.2, 0.25) is 0 Å². The molecule has 6 heteroatoms. The van der Waals surface area contributed by atoms with Gasteiger partial charge in [-0.2, -0.15) is 0 Å². The van der Waals surface area contributed by atoms with Gasteiger partial charge in [0, 0.05) is 43.0 Å². The number of imidazole rings is 1. The second-order valence-corrected chi connectivity index (χ2v) is 9.26. The Morgan fingerprint density at radius 3 is 2.68 bits per heavy atom. The zero-order chi connectivity index (χ0) is 21.6. The van der Waals surface area contributed by atoms with E-state index >= 15 is 0 Å². The molecule has 2 aromatic carbocycles. The lowest BCUT2D eigenvalue weighted by Crippen LogP contribution is -2.42. The van der Waals surface area contributed by atoms with Crippen molar-refractivity contribution >= 4 is 21.8 Å². The number of nitrogens with one attached hydrogen (secondary N) is 1. The Bertz CT molecular complexity index is 1010. The Kier molecular flexibility index (Phi) is 7.20. The quantitative estimate of drug-likeness (QED) is 0.540. The van der Waals surface area contributed by atoms with Gasteiger partial charge in [-0.3, -0.25) is 9.69 Å². The molecule has 1 N–H and O–H groups in total. The highest BCUT2D eigenvalue weighted by Crippen LogP contribution is 2.20. The van der Waals surface area contributed by atoms with Crippen LogP contribution in [-0.4, -0.2) is 33.4 Å². The van der Waals surface area contributed by atoms with Crippen molar-refractivity contribution in [2.75, 3.05) is 13.1 Å². The van der Waals surface area contributed by atoms with Gasteiger partial charge >= 0.3 is 0 Å². The molecule has 1 amide bonds. The van der Waals surface area contributed by atoms with Gasteiger partial charge in [0.25, 0.3) is 0 Å². The Labute approximate surface area is 192 Å². The topological polar surface area (TPSA) is 50.2 Å². The Balaban J connectivity index is 1.26. The van der Waals surface area contributed by atoms with Gasteiger partial charge in [0.15, 0.2) is 0 Å². The molecule has 4 rings (SSSR count). The van der Waals surface area contributed by atoms with Crippen molar-refractivity contribution in [1.82, 2.24) is 19.8 Å². The number of aryl methyl sites for hydroxylation is 1. The van der Waals surface area contributed by atoms with Crippen molar-refractivity contribution in [2.45, 2.75) is 39.4 Å². The van der Waals surface area contributed by atoms with Crippen molar-refractivity contribution < 1.29 is 4.79 Å². The van der Waals surface area contributed by atoms with Crippen molar-refractivity contribution in [3.63, 3.8) is 0 Å². The Hall–Kier alpha value is -2.44. The average molecular weight is 481 g/mol. The number of carbonyl (C=O) groups is 1. The smallest absolute Gasteiger partial charge is 0.224 e. The second-order valence-electron chi connectivity index (χ2n) is 8.34. The van der Waals surface area contributed by atoms with Crippen LogP contribution in [0.1, 0.15) is 35.4 Å². The Morgan fingerprint density at radius 1 is 1.13 bits per heavy atom. The number of benzene rings is 2. The summed E-state index contributed by atoms with van der Waals surface area (Å²) >= 11 is 3.54. The van der Waals surface area contributed by atoms with E-state index in [4.69, 9.17) is 0 Å². The maximum atomic E-state index is 12.8. The predicted octanol–water partition coefficient (Wildman–Crippen LogP) is 4.53. The van der Waals surface area contributed by atoms with Gasteiger partial charge in [0.2, 0.25) is 5.91 Å². The lowest BCUT2D eigenvalue weighted by molar-refractivity contribution is -0.126. The summed E-state index contributed by atoms with van der Waals surface area (Å²) < 4.78 is 3.22. The van der Waals surface area contributed by atoms with Crippen LogP contribution in [0.15, 0.2) is 65.4 Å². The van der Waals surface area contributed by atoms with Crippen molar-refractivity contribution in [2.24, 2.45) is 5.92 Å². The lowest BCUT2D eigenvalue weighted by Gasteiger charge is -2.32. The third-order valence-corrected chi connectivity index (χ3v) is 6.43. The first-order valence-corrected chi connectivity index (χ1v) is 11.7. The summed E-state index contributed by atoms with van der Waals surface area (Å²) in [5, 5.41) is 3.15. The number of hydrogen-bond donors (Lipinski definition) is 1. The van der Waals surface area contributed by atoms with Crippen LogP contribution in [0, 0.1) is 12.8 Å². The third kappa shape index (κ3) is 6.05. The van der Waals surface area contributed by atoms with Crippen LogP contribution in [0.25, 0.3) is 0 Å². The first kappa shape index (κ1) is 21.8. The summed E-state index contributed by atoms with van der Waals surface area (Å²) in [5.74, 6) is 1.24. The number of rotatable bonds is 7. The molecule has 1 fully saturated rings. The number of carbonyl (C=O) groups excluding carboxylic acids is 1. The first-order chi connectivity index (χ1) is 15.1. The Morgan fingerprint density at radius 2 is 1.94 bits per heavy atom. The highest BCUT2D eigenvalue weighted by Gasteiger charge is 2.25. The molecule has 0 radical (unpaired) electrons. The number of nitrogens with zero attached hydrogens (tertiary/aromatic N) is 3. The predicted molar refractivity (Wildman–Crippen MR) is 126 cm³/mol. The summed E-state index contributed by atoms with van der Waals surface area (Å²) in [6.07, 6.45) is 5.84. The molecule has 1 aliphatic heterocycles. The van der Waals surface area contributed by atoms with Gasteiger partial charge in [0.05, 0.1) is 5.92 Å². The zero-order valence-corrected chi connectivity index (χ0v) is 19.5. The molecule has 1 atom stereocenters. The number of aromatic nitrogens is 2. The molecule has 1 saturated heterocycles. The largest absolute Gasteiger partial charge is 0.352 e. The molecular formula is C25H29BrN4O. The third-order valence-electron chi connectivity index (χ3n) is 5.94. The van der Waals surface area contributed by atoms with Crippen LogP contribution in [0.5, 0.6) is 0 Å². The van der Waals surface area contributed by atoms with Gasteiger partial charge in [-0.05, 0) is 55.1 Å². The van der Waals surface area contributed by atoms with Crippen LogP contribution in [-0.2, 0) is 24.4 Å². The van der Waals surface area contributed by atoms with Gasteiger partial charge in [-0.25, -0.2) is 4.98 Å². The number of halogens is 1. The van der Waals surface area contributed by atoms with Crippen LogP contribution < -0.4 is 5.32 Å². The summed E-state index contributed by atoms with van der Waals surface area (Å²) in [6.45, 7) is 6.16. The molecule has 0 aliphatic carbocycles. The maximum Gasteiger partial charge on any atom is 0.224 e. The minimum absolute atomic E-state index is 0.0596. The van der Waals surface area contributed by atoms with E-state index in [-0.39, 0.29) is 11.8 Å². The molecule has 162 valence electrons. The van der Waals surface area contributed by atoms with E-state index in [0.29, 0.717) is 6.54 Å². The summed E-state index contributed by atoms with van der Waals surface area (Å²) in [7, 11) is 0. The summed E-state index contributed by atoms with van der Waals surface area (Å²) in [5.41, 5.74) is 3.63. The minimum Gasteiger partial charge on any atom is -0.352 e. The number of likely N-dealkylation sites (tertiary alicyclic amines) is 1. The molecule has 1 aromatic heterocycles. The van der Waals surface area contributed by atoms with Crippen molar-refractivity contribution in [3.05, 3.63) is 87.9 Å². The molecule has 1 aliphatic rings. The second kappa shape index (κ2) is 10.2. The van der Waals surface area contributed by atoms with Crippen molar-refractivity contribution in [3.8, 4) is 0 Å². The fourth-order valence-corrected chi connectivity index (χ4v) is 4.62. The SMILES string of the molecule is Cc1nccn1Cc1ccc(CNC(=O)C2CCCN(Cc3cccc(Br)c3)C2)cc1. The van der Waals surface area contributed by atoms with E-state index in [1.165, 1.54) is 11.1 Å². The number of hydrogen-bond acceptors (Lipinski definition) is 3. The van der Waals surface area contributed by atoms with Gasteiger partial charge in [-0.1, -0.05) is 52.3 Å². The molecule has 0 saturated carbocycles. The minimum atomic E-state index is 0.0596. The first-order valence-electron chi connectivity index (χ1n) is 10.9. The highest BCUT2D eigenvalue weighted by molar-refractivity contribution is 9.10. The van der Waals surface area contributed by atoms with E-state index in [0.717, 1.165) is 54.9 Å². The highest BCUT2D eigenvalue weighted by atomic mass is 79.9. The molecular weight excluding hydrogens is 452 g/mol. The van der Waals surface area contributed by atoms with E-state index in [1.807, 2.05) is 25.4 Å². The molecule has 5 nitrogen and oxygen atoms in total. The zero-order valence-electron chi connectivity index (χ0n) is 17.9. The monoisotopic (exact) mass is 480 g/mol. The van der Waals surface area contributed by atoms with E-state index in [2.05, 4.69) is 78.2 Å². The van der Waals surface area contributed by atoms with Gasteiger partial charge in [-0.15, -0.1) is 0 Å². The van der Waals surface area contributed by atoms with Gasteiger partial charge < -0.3 is 9.88 Å². The van der Waals surface area contributed by atoms with Crippen LogP contribution >= 0.6 is 15.9 Å². The molecule has 1 unspecified atom stereocenters. The molecule has 0 bridgehead atoms. The molecule has 0 spiro atoms. The lowest BCUT2D eigenvalue weighted by atomic mass is 9.96. The van der Waals surface area contributed by atoms with Crippen LogP contribution in [0.3, 0.4) is 0 Å². The molecule has 2 heterocycles.